The van der Waals surface area contributed by atoms with Crippen molar-refractivity contribution in [2.24, 2.45) is 0 Å². The van der Waals surface area contributed by atoms with Gasteiger partial charge in [-0.25, -0.2) is 8.42 Å². The minimum atomic E-state index is -3.88. The Labute approximate surface area is 167 Å². The SMILES string of the molecule is COc1ccccc1CN(Cc1cccs1)S(=O)(=O)c1ccc([N+](=O)[O-])cc1. The number of benzene rings is 2. The molecule has 0 amide bonds. The van der Waals surface area contributed by atoms with Gasteiger partial charge in [-0.2, -0.15) is 4.31 Å². The molecule has 0 aliphatic carbocycles. The second kappa shape index (κ2) is 8.51. The van der Waals surface area contributed by atoms with Crippen molar-refractivity contribution < 1.29 is 18.1 Å². The predicted octanol–water partition coefficient (Wildman–Crippen LogP) is 4.06. The number of hydrogen-bond donors (Lipinski definition) is 0. The van der Waals surface area contributed by atoms with Crippen LogP contribution in [-0.4, -0.2) is 24.8 Å². The summed E-state index contributed by atoms with van der Waals surface area (Å²) in [5, 5.41) is 12.7. The maximum absolute atomic E-state index is 13.3. The number of non-ortho nitro benzene ring substituents is 1. The van der Waals surface area contributed by atoms with E-state index < -0.39 is 14.9 Å². The quantitative estimate of drug-likeness (QED) is 0.407. The van der Waals surface area contributed by atoms with Crippen LogP contribution in [0.1, 0.15) is 10.4 Å². The normalized spacial score (nSPS) is 11.5. The molecule has 0 radical (unpaired) electrons. The van der Waals surface area contributed by atoms with E-state index >= 15 is 0 Å². The number of ether oxygens (including phenoxy) is 1. The van der Waals surface area contributed by atoms with Crippen LogP contribution < -0.4 is 4.74 Å². The summed E-state index contributed by atoms with van der Waals surface area (Å²) in [6, 6.07) is 15.9. The van der Waals surface area contributed by atoms with Crippen molar-refractivity contribution >= 4 is 27.0 Å². The second-order valence-electron chi connectivity index (χ2n) is 5.92. The van der Waals surface area contributed by atoms with Gasteiger partial charge in [0.05, 0.1) is 16.9 Å². The number of para-hydroxylation sites is 1. The molecule has 0 fully saturated rings. The lowest BCUT2D eigenvalue weighted by atomic mass is 10.2. The number of nitro groups is 1. The van der Waals surface area contributed by atoms with Crippen LogP contribution in [0.15, 0.2) is 70.9 Å². The van der Waals surface area contributed by atoms with Gasteiger partial charge >= 0.3 is 0 Å². The van der Waals surface area contributed by atoms with Crippen molar-refractivity contribution in [2.75, 3.05) is 7.11 Å². The molecule has 0 N–H and O–H groups in total. The lowest BCUT2D eigenvalue weighted by molar-refractivity contribution is -0.384. The number of hydrogen-bond acceptors (Lipinski definition) is 6. The third kappa shape index (κ3) is 4.38. The molecule has 1 heterocycles. The highest BCUT2D eigenvalue weighted by Crippen LogP contribution is 2.27. The first-order valence-electron chi connectivity index (χ1n) is 8.30. The highest BCUT2D eigenvalue weighted by atomic mass is 32.2. The van der Waals surface area contributed by atoms with E-state index in [9.17, 15) is 18.5 Å². The molecule has 0 aliphatic heterocycles. The topological polar surface area (TPSA) is 89.8 Å². The number of nitrogens with zero attached hydrogens (tertiary/aromatic N) is 2. The molecule has 146 valence electrons. The number of thiophene rings is 1. The van der Waals surface area contributed by atoms with Gasteiger partial charge in [-0.3, -0.25) is 10.1 Å². The predicted molar refractivity (Wildman–Crippen MR) is 107 cm³/mol. The van der Waals surface area contributed by atoms with Gasteiger partial charge in [0.15, 0.2) is 0 Å². The van der Waals surface area contributed by atoms with Crippen molar-refractivity contribution in [1.82, 2.24) is 4.31 Å². The number of rotatable bonds is 8. The van der Waals surface area contributed by atoms with Gasteiger partial charge in [0.25, 0.3) is 5.69 Å². The number of methoxy groups -OCH3 is 1. The summed E-state index contributed by atoms with van der Waals surface area (Å²) < 4.78 is 33.2. The van der Waals surface area contributed by atoms with Crippen LogP contribution in [0.4, 0.5) is 5.69 Å². The maximum Gasteiger partial charge on any atom is 0.269 e. The number of sulfonamides is 1. The molecule has 0 saturated carbocycles. The zero-order chi connectivity index (χ0) is 20.1. The molecule has 3 aromatic rings. The van der Waals surface area contributed by atoms with E-state index in [4.69, 9.17) is 4.74 Å². The van der Waals surface area contributed by atoms with Crippen LogP contribution in [0.3, 0.4) is 0 Å². The fourth-order valence-corrected chi connectivity index (χ4v) is 4.91. The Morgan fingerprint density at radius 3 is 2.36 bits per heavy atom. The largest absolute Gasteiger partial charge is 0.496 e. The lowest BCUT2D eigenvalue weighted by Gasteiger charge is -2.23. The third-order valence-electron chi connectivity index (χ3n) is 4.14. The van der Waals surface area contributed by atoms with Crippen molar-refractivity contribution in [3.63, 3.8) is 0 Å². The Bertz CT molecular complexity index is 1050. The summed E-state index contributed by atoms with van der Waals surface area (Å²) in [6.07, 6.45) is 0. The molecule has 7 nitrogen and oxygen atoms in total. The molecule has 3 rings (SSSR count). The first-order chi connectivity index (χ1) is 13.4. The van der Waals surface area contributed by atoms with Crippen LogP contribution in [-0.2, 0) is 23.1 Å². The van der Waals surface area contributed by atoms with E-state index in [2.05, 4.69) is 0 Å². The lowest BCUT2D eigenvalue weighted by Crippen LogP contribution is -2.30. The highest BCUT2D eigenvalue weighted by Gasteiger charge is 2.27. The standard InChI is InChI=1S/C19H18N2O5S2/c1-26-19-7-3-2-5-15(19)13-20(14-17-6-4-12-27-17)28(24,25)18-10-8-16(9-11-18)21(22)23/h2-12H,13-14H2,1H3. The highest BCUT2D eigenvalue weighted by molar-refractivity contribution is 7.89. The Balaban J connectivity index is 1.98. The minimum Gasteiger partial charge on any atom is -0.496 e. The molecular formula is C19H18N2O5S2. The first kappa shape index (κ1) is 20.0. The molecule has 2 aromatic carbocycles. The van der Waals surface area contributed by atoms with E-state index in [1.807, 2.05) is 35.7 Å². The minimum absolute atomic E-state index is 0.00422. The van der Waals surface area contributed by atoms with Crippen LogP contribution >= 0.6 is 11.3 Å². The molecule has 0 bridgehead atoms. The third-order valence-corrected chi connectivity index (χ3v) is 6.80. The van der Waals surface area contributed by atoms with Gasteiger partial charge in [0, 0.05) is 35.7 Å². The van der Waals surface area contributed by atoms with Crippen molar-refractivity contribution in [1.29, 1.82) is 0 Å². The molecule has 0 saturated heterocycles. The van der Waals surface area contributed by atoms with Crippen molar-refractivity contribution in [2.45, 2.75) is 18.0 Å². The van der Waals surface area contributed by atoms with Crippen LogP contribution in [0.2, 0.25) is 0 Å². The van der Waals surface area contributed by atoms with Crippen LogP contribution in [0.5, 0.6) is 5.75 Å². The van der Waals surface area contributed by atoms with Crippen LogP contribution in [0.25, 0.3) is 0 Å². The summed E-state index contributed by atoms with van der Waals surface area (Å²) in [7, 11) is -2.35. The zero-order valence-corrected chi connectivity index (χ0v) is 16.7. The van der Waals surface area contributed by atoms with Crippen molar-refractivity contribution in [3.8, 4) is 5.75 Å². The monoisotopic (exact) mass is 418 g/mol. The molecule has 0 spiro atoms. The van der Waals surface area contributed by atoms with Crippen LogP contribution in [0, 0.1) is 10.1 Å². The van der Waals surface area contributed by atoms with E-state index in [-0.39, 0.29) is 23.7 Å². The summed E-state index contributed by atoms with van der Waals surface area (Å²) in [4.78, 5) is 11.2. The molecule has 9 heteroatoms. The summed E-state index contributed by atoms with van der Waals surface area (Å²) in [5.74, 6) is 0.595. The average Bonchev–Trinajstić information content (AvgIpc) is 3.21. The Hall–Kier alpha value is -2.75. The Morgan fingerprint density at radius 1 is 1.04 bits per heavy atom. The average molecular weight is 418 g/mol. The molecular weight excluding hydrogens is 400 g/mol. The molecule has 0 unspecified atom stereocenters. The number of nitro benzene ring substituents is 1. The molecule has 0 aliphatic rings. The maximum atomic E-state index is 13.3. The zero-order valence-electron chi connectivity index (χ0n) is 15.0. The molecule has 0 atom stereocenters. The Kier molecular flexibility index (Phi) is 6.08. The summed E-state index contributed by atoms with van der Waals surface area (Å²) in [6.45, 7) is 0.302. The summed E-state index contributed by atoms with van der Waals surface area (Å²) in [5.41, 5.74) is 0.570. The van der Waals surface area contributed by atoms with Gasteiger partial charge in [0.2, 0.25) is 10.0 Å². The van der Waals surface area contributed by atoms with Crippen molar-refractivity contribution in [3.05, 3.63) is 86.6 Å². The fraction of sp³-hybridized carbons (Fsp3) is 0.158. The van der Waals surface area contributed by atoms with E-state index in [0.29, 0.717) is 5.75 Å². The molecule has 28 heavy (non-hydrogen) atoms. The Morgan fingerprint density at radius 2 is 1.75 bits per heavy atom. The van der Waals surface area contributed by atoms with E-state index in [0.717, 1.165) is 10.4 Å². The summed E-state index contributed by atoms with van der Waals surface area (Å²) >= 11 is 1.46. The van der Waals surface area contributed by atoms with Gasteiger partial charge in [-0.05, 0) is 29.6 Å². The molecule has 1 aromatic heterocycles. The van der Waals surface area contributed by atoms with Gasteiger partial charge in [-0.1, -0.05) is 24.3 Å². The smallest absolute Gasteiger partial charge is 0.269 e. The van der Waals surface area contributed by atoms with Gasteiger partial charge < -0.3 is 4.74 Å². The fourth-order valence-electron chi connectivity index (χ4n) is 2.71. The van der Waals surface area contributed by atoms with Gasteiger partial charge in [-0.15, -0.1) is 11.3 Å². The van der Waals surface area contributed by atoms with Gasteiger partial charge in [0.1, 0.15) is 5.75 Å². The second-order valence-corrected chi connectivity index (χ2v) is 8.89. The van der Waals surface area contributed by atoms with E-state index in [1.54, 1.807) is 6.07 Å². The van der Waals surface area contributed by atoms with E-state index in [1.165, 1.54) is 47.0 Å². The first-order valence-corrected chi connectivity index (χ1v) is 10.6.